The Labute approximate surface area is 89.7 Å². The predicted molar refractivity (Wildman–Crippen MR) is 55.1 cm³/mol. The minimum Gasteiger partial charge on any atom is -0.382 e. The highest BCUT2D eigenvalue weighted by Crippen LogP contribution is 2.08. The molecule has 0 aliphatic heterocycles. The van der Waals surface area contributed by atoms with Gasteiger partial charge in [-0.3, -0.25) is 9.89 Å². The van der Waals surface area contributed by atoms with Crippen LogP contribution in [0.25, 0.3) is 0 Å². The highest BCUT2D eigenvalue weighted by molar-refractivity contribution is 6.03. The summed E-state index contributed by atoms with van der Waals surface area (Å²) in [5.74, 6) is -0.802. The standard InChI is InChI=1S/C9H8FN5O/c10-7-2-1-5(4-12-7)13-9(16)6-3-8(11)15-14-6/h1-4H,(H,13,16)(H3,11,14,15). The van der Waals surface area contributed by atoms with Crippen LogP contribution in [0.5, 0.6) is 0 Å². The van der Waals surface area contributed by atoms with Crippen LogP contribution >= 0.6 is 0 Å². The van der Waals surface area contributed by atoms with E-state index in [1.165, 1.54) is 18.3 Å². The van der Waals surface area contributed by atoms with E-state index in [0.29, 0.717) is 5.69 Å². The van der Waals surface area contributed by atoms with E-state index >= 15 is 0 Å². The molecule has 0 bridgehead atoms. The largest absolute Gasteiger partial charge is 0.382 e. The molecule has 4 N–H and O–H groups in total. The van der Waals surface area contributed by atoms with Crippen molar-refractivity contribution in [3.05, 3.63) is 36.0 Å². The van der Waals surface area contributed by atoms with Crippen molar-refractivity contribution < 1.29 is 9.18 Å². The SMILES string of the molecule is Nc1cc(C(=O)Nc2ccc(F)nc2)[nH]n1. The molecule has 16 heavy (non-hydrogen) atoms. The van der Waals surface area contributed by atoms with Crippen LogP contribution in [0.2, 0.25) is 0 Å². The number of anilines is 2. The molecule has 1 amide bonds. The summed E-state index contributed by atoms with van der Waals surface area (Å²) in [6, 6.07) is 3.95. The number of rotatable bonds is 2. The minimum absolute atomic E-state index is 0.224. The number of nitrogen functional groups attached to an aromatic ring is 1. The van der Waals surface area contributed by atoms with Gasteiger partial charge < -0.3 is 11.1 Å². The zero-order chi connectivity index (χ0) is 11.5. The third kappa shape index (κ3) is 2.14. The Morgan fingerprint density at radius 3 is 2.88 bits per heavy atom. The van der Waals surface area contributed by atoms with Crippen molar-refractivity contribution in [1.29, 1.82) is 0 Å². The number of carbonyl (C=O) groups excluding carboxylic acids is 1. The molecule has 0 saturated carbocycles. The van der Waals surface area contributed by atoms with E-state index in [9.17, 15) is 9.18 Å². The lowest BCUT2D eigenvalue weighted by Crippen LogP contribution is -2.12. The van der Waals surface area contributed by atoms with Crippen LogP contribution in [-0.4, -0.2) is 21.1 Å². The molecule has 0 unspecified atom stereocenters. The average Bonchev–Trinajstić information content (AvgIpc) is 2.68. The van der Waals surface area contributed by atoms with Gasteiger partial charge in [0.2, 0.25) is 5.95 Å². The van der Waals surface area contributed by atoms with Gasteiger partial charge in [0.1, 0.15) is 11.5 Å². The maximum atomic E-state index is 12.5. The highest BCUT2D eigenvalue weighted by Gasteiger charge is 2.08. The van der Waals surface area contributed by atoms with E-state index in [2.05, 4.69) is 20.5 Å². The summed E-state index contributed by atoms with van der Waals surface area (Å²) in [5, 5.41) is 8.57. The van der Waals surface area contributed by atoms with Gasteiger partial charge in [-0.05, 0) is 12.1 Å². The van der Waals surface area contributed by atoms with E-state index in [-0.39, 0.29) is 11.5 Å². The summed E-state index contributed by atoms with van der Waals surface area (Å²) < 4.78 is 12.5. The Morgan fingerprint density at radius 1 is 1.50 bits per heavy atom. The number of halogens is 1. The number of nitrogens with zero attached hydrogens (tertiary/aromatic N) is 2. The smallest absolute Gasteiger partial charge is 0.273 e. The topological polar surface area (TPSA) is 96.7 Å². The van der Waals surface area contributed by atoms with Crippen LogP contribution in [-0.2, 0) is 0 Å². The first-order valence-electron chi connectivity index (χ1n) is 4.39. The fourth-order valence-corrected chi connectivity index (χ4v) is 1.10. The van der Waals surface area contributed by atoms with Crippen LogP contribution in [0.4, 0.5) is 15.9 Å². The van der Waals surface area contributed by atoms with Gasteiger partial charge in [0.25, 0.3) is 5.91 Å². The van der Waals surface area contributed by atoms with E-state index in [0.717, 1.165) is 6.07 Å². The predicted octanol–water partition coefficient (Wildman–Crippen LogP) is 0.778. The van der Waals surface area contributed by atoms with Gasteiger partial charge in [-0.1, -0.05) is 0 Å². The van der Waals surface area contributed by atoms with Crippen LogP contribution in [0.1, 0.15) is 10.5 Å². The number of nitrogens with two attached hydrogens (primary N) is 1. The van der Waals surface area contributed by atoms with Gasteiger partial charge in [0, 0.05) is 6.07 Å². The molecule has 0 aliphatic rings. The van der Waals surface area contributed by atoms with Gasteiger partial charge in [0.05, 0.1) is 11.9 Å². The summed E-state index contributed by atoms with van der Waals surface area (Å²) in [4.78, 5) is 15.0. The summed E-state index contributed by atoms with van der Waals surface area (Å²) in [5.41, 5.74) is 5.96. The molecule has 2 rings (SSSR count). The molecule has 0 radical (unpaired) electrons. The zero-order valence-corrected chi connectivity index (χ0v) is 8.07. The highest BCUT2D eigenvalue weighted by atomic mass is 19.1. The first kappa shape index (κ1) is 10.1. The fourth-order valence-electron chi connectivity index (χ4n) is 1.10. The molecular formula is C9H8FN5O. The number of carbonyl (C=O) groups is 1. The van der Waals surface area contributed by atoms with Gasteiger partial charge >= 0.3 is 0 Å². The number of pyridine rings is 1. The van der Waals surface area contributed by atoms with Gasteiger partial charge in [-0.2, -0.15) is 9.49 Å². The lowest BCUT2D eigenvalue weighted by molar-refractivity contribution is 0.102. The minimum atomic E-state index is -0.608. The third-order valence-corrected chi connectivity index (χ3v) is 1.83. The average molecular weight is 221 g/mol. The second-order valence-electron chi connectivity index (χ2n) is 3.03. The Morgan fingerprint density at radius 2 is 2.31 bits per heavy atom. The number of hydrogen-bond donors (Lipinski definition) is 3. The molecule has 0 saturated heterocycles. The monoisotopic (exact) mass is 221 g/mol. The quantitative estimate of drug-likeness (QED) is 0.653. The Bertz CT molecular complexity index is 507. The lowest BCUT2D eigenvalue weighted by Gasteiger charge is -2.01. The summed E-state index contributed by atoms with van der Waals surface area (Å²) >= 11 is 0. The number of hydrogen-bond acceptors (Lipinski definition) is 4. The van der Waals surface area contributed by atoms with Gasteiger partial charge in [-0.25, -0.2) is 4.98 Å². The summed E-state index contributed by atoms with van der Waals surface area (Å²) in [7, 11) is 0. The molecule has 7 heteroatoms. The van der Waals surface area contributed by atoms with Crippen molar-refractivity contribution in [2.45, 2.75) is 0 Å². The van der Waals surface area contributed by atoms with Crippen LogP contribution in [0.15, 0.2) is 24.4 Å². The van der Waals surface area contributed by atoms with Crippen LogP contribution in [0, 0.1) is 5.95 Å². The van der Waals surface area contributed by atoms with Crippen molar-refractivity contribution >= 4 is 17.4 Å². The molecule has 0 aliphatic carbocycles. The first-order chi connectivity index (χ1) is 7.65. The molecule has 0 aromatic carbocycles. The normalized spacial score (nSPS) is 10.1. The van der Waals surface area contributed by atoms with Crippen molar-refractivity contribution in [3.8, 4) is 0 Å². The Hall–Kier alpha value is -2.44. The second-order valence-corrected chi connectivity index (χ2v) is 3.03. The molecule has 2 heterocycles. The van der Waals surface area contributed by atoms with Crippen LogP contribution < -0.4 is 11.1 Å². The fraction of sp³-hybridized carbons (Fsp3) is 0. The molecule has 2 aromatic rings. The zero-order valence-electron chi connectivity index (χ0n) is 8.07. The van der Waals surface area contributed by atoms with E-state index in [1.54, 1.807) is 0 Å². The Kier molecular flexibility index (Phi) is 2.50. The number of aromatic nitrogens is 3. The maximum Gasteiger partial charge on any atom is 0.273 e. The molecular weight excluding hydrogens is 213 g/mol. The van der Waals surface area contributed by atoms with Crippen molar-refractivity contribution in [1.82, 2.24) is 15.2 Å². The summed E-state index contributed by atoms with van der Waals surface area (Å²) in [6.07, 6.45) is 1.22. The number of nitrogens with one attached hydrogen (secondary N) is 2. The second kappa shape index (κ2) is 3.97. The van der Waals surface area contributed by atoms with E-state index in [1.807, 2.05) is 0 Å². The van der Waals surface area contributed by atoms with Gasteiger partial charge in [0.15, 0.2) is 0 Å². The number of H-pyrrole nitrogens is 1. The lowest BCUT2D eigenvalue weighted by atomic mass is 10.3. The molecule has 0 atom stereocenters. The molecule has 0 spiro atoms. The summed E-state index contributed by atoms with van der Waals surface area (Å²) in [6.45, 7) is 0. The van der Waals surface area contributed by atoms with E-state index in [4.69, 9.17) is 5.73 Å². The molecule has 0 fully saturated rings. The van der Waals surface area contributed by atoms with Gasteiger partial charge in [-0.15, -0.1) is 0 Å². The third-order valence-electron chi connectivity index (χ3n) is 1.83. The number of amides is 1. The van der Waals surface area contributed by atoms with Crippen molar-refractivity contribution in [2.75, 3.05) is 11.1 Å². The van der Waals surface area contributed by atoms with Crippen LogP contribution in [0.3, 0.4) is 0 Å². The molecule has 82 valence electrons. The number of aromatic amines is 1. The Balaban J connectivity index is 2.10. The maximum absolute atomic E-state index is 12.5. The van der Waals surface area contributed by atoms with Crippen molar-refractivity contribution in [2.24, 2.45) is 0 Å². The molecule has 6 nitrogen and oxygen atoms in total. The molecule has 2 aromatic heterocycles. The first-order valence-corrected chi connectivity index (χ1v) is 4.39. The van der Waals surface area contributed by atoms with Crippen molar-refractivity contribution in [3.63, 3.8) is 0 Å². The van der Waals surface area contributed by atoms with E-state index < -0.39 is 11.9 Å².